The van der Waals surface area contributed by atoms with Gasteiger partial charge >= 0.3 is 6.36 Å². The van der Waals surface area contributed by atoms with Gasteiger partial charge in [0.1, 0.15) is 22.9 Å². The normalized spacial score (nSPS) is 11.6. The van der Waals surface area contributed by atoms with Gasteiger partial charge in [-0.1, -0.05) is 18.2 Å². The van der Waals surface area contributed by atoms with Crippen molar-refractivity contribution in [2.24, 2.45) is 0 Å². The van der Waals surface area contributed by atoms with Crippen LogP contribution in [0.15, 0.2) is 89.7 Å². The minimum Gasteiger partial charge on any atom is -0.406 e. The van der Waals surface area contributed by atoms with E-state index in [0.717, 1.165) is 5.69 Å². The Bertz CT molecular complexity index is 1560. The first kappa shape index (κ1) is 23.2. The van der Waals surface area contributed by atoms with Crippen LogP contribution in [0.1, 0.15) is 5.56 Å². The maximum Gasteiger partial charge on any atom is 0.573 e. The van der Waals surface area contributed by atoms with Crippen LogP contribution in [0.2, 0.25) is 0 Å². The molecule has 5 rings (SSSR count). The smallest absolute Gasteiger partial charge is 0.406 e. The van der Waals surface area contributed by atoms with Gasteiger partial charge in [0, 0.05) is 28.7 Å². The number of para-hydroxylation sites is 1. The first-order valence-electron chi connectivity index (χ1n) is 10.8. The monoisotopic (exact) mass is 494 g/mol. The summed E-state index contributed by atoms with van der Waals surface area (Å²) in [5.41, 5.74) is 2.97. The van der Waals surface area contributed by atoms with Crippen molar-refractivity contribution in [2.75, 3.05) is 5.32 Å². The molecule has 2 aromatic heterocycles. The van der Waals surface area contributed by atoms with Crippen LogP contribution in [0.5, 0.6) is 5.75 Å². The molecule has 182 valence electrons. The minimum atomic E-state index is -4.77. The van der Waals surface area contributed by atoms with E-state index in [-0.39, 0.29) is 23.7 Å². The summed E-state index contributed by atoms with van der Waals surface area (Å²) < 4.78 is 56.1. The third-order valence-electron chi connectivity index (χ3n) is 5.45. The molecule has 3 aromatic carbocycles. The Morgan fingerprint density at radius 2 is 1.64 bits per heavy atom. The number of halogens is 4. The van der Waals surface area contributed by atoms with Crippen molar-refractivity contribution in [2.45, 2.75) is 12.9 Å². The number of nitrogens with zero attached hydrogens (tertiary/aromatic N) is 2. The molecule has 5 aromatic rings. The lowest BCUT2D eigenvalue weighted by Gasteiger charge is -2.10. The Hall–Kier alpha value is -4.60. The third kappa shape index (κ3) is 4.92. The Morgan fingerprint density at radius 3 is 2.31 bits per heavy atom. The molecule has 36 heavy (non-hydrogen) atoms. The van der Waals surface area contributed by atoms with E-state index in [2.05, 4.69) is 15.0 Å². The fourth-order valence-electron chi connectivity index (χ4n) is 3.79. The van der Waals surface area contributed by atoms with Crippen molar-refractivity contribution in [1.29, 1.82) is 0 Å². The quantitative estimate of drug-likeness (QED) is 0.283. The first-order chi connectivity index (χ1) is 17.3. The predicted molar refractivity (Wildman–Crippen MR) is 128 cm³/mol. The average Bonchev–Trinajstić information content (AvgIpc) is 3.21. The number of aromatic nitrogens is 3. The van der Waals surface area contributed by atoms with E-state index in [1.54, 1.807) is 22.9 Å². The average molecular weight is 494 g/mol. The summed E-state index contributed by atoms with van der Waals surface area (Å²) in [7, 11) is 0. The summed E-state index contributed by atoms with van der Waals surface area (Å²) in [6, 6.07) is 22.1. The number of rotatable bonds is 6. The lowest BCUT2D eigenvalue weighted by molar-refractivity contribution is -0.274. The molecule has 0 saturated carbocycles. The van der Waals surface area contributed by atoms with E-state index in [0.29, 0.717) is 33.5 Å². The molecule has 0 radical (unpaired) electrons. The summed E-state index contributed by atoms with van der Waals surface area (Å²) in [6.45, 7) is 0.101. The van der Waals surface area contributed by atoms with Gasteiger partial charge in [0.2, 0.25) is 0 Å². The van der Waals surface area contributed by atoms with Crippen molar-refractivity contribution >= 4 is 16.7 Å². The van der Waals surface area contributed by atoms with E-state index >= 15 is 0 Å². The summed E-state index contributed by atoms with van der Waals surface area (Å²) >= 11 is 0. The summed E-state index contributed by atoms with van der Waals surface area (Å²) in [5.74, 6) is -0.722. The van der Waals surface area contributed by atoms with Crippen molar-refractivity contribution in [1.82, 2.24) is 14.8 Å². The molecule has 0 aliphatic rings. The molecule has 2 heterocycles. The maximum absolute atomic E-state index is 13.5. The highest BCUT2D eigenvalue weighted by atomic mass is 19.4. The second kappa shape index (κ2) is 9.21. The summed E-state index contributed by atoms with van der Waals surface area (Å²) in [6.07, 6.45) is -4.77. The van der Waals surface area contributed by atoms with Crippen LogP contribution in [0.4, 0.5) is 23.2 Å². The highest BCUT2D eigenvalue weighted by molar-refractivity contribution is 5.92. The number of benzene rings is 3. The number of ether oxygens (including phenoxy) is 1. The highest BCUT2D eigenvalue weighted by Crippen LogP contribution is 2.29. The van der Waals surface area contributed by atoms with E-state index in [9.17, 15) is 22.4 Å². The minimum absolute atomic E-state index is 0.101. The zero-order valence-electron chi connectivity index (χ0n) is 18.5. The molecule has 0 fully saturated rings. The lowest BCUT2D eigenvalue weighted by Crippen LogP contribution is -2.17. The molecule has 0 saturated heterocycles. The number of anilines is 1. The highest BCUT2D eigenvalue weighted by Gasteiger charge is 2.31. The van der Waals surface area contributed by atoms with Gasteiger partial charge in [0.05, 0.1) is 5.69 Å². The lowest BCUT2D eigenvalue weighted by atomic mass is 10.1. The van der Waals surface area contributed by atoms with Crippen LogP contribution in [-0.4, -0.2) is 21.1 Å². The van der Waals surface area contributed by atoms with Crippen LogP contribution >= 0.6 is 0 Å². The van der Waals surface area contributed by atoms with E-state index in [1.165, 1.54) is 36.4 Å². The van der Waals surface area contributed by atoms with Gasteiger partial charge in [-0.2, -0.15) is 5.10 Å². The molecule has 0 atom stereocenters. The molecule has 0 unspecified atom stereocenters. The Balaban J connectivity index is 1.50. The molecule has 2 N–H and O–H groups in total. The van der Waals surface area contributed by atoms with E-state index in [4.69, 9.17) is 5.10 Å². The van der Waals surface area contributed by atoms with Crippen LogP contribution in [0.3, 0.4) is 0 Å². The van der Waals surface area contributed by atoms with Crippen LogP contribution in [-0.2, 0) is 6.54 Å². The van der Waals surface area contributed by atoms with Gasteiger partial charge in [-0.15, -0.1) is 13.2 Å². The molecule has 6 nitrogen and oxygen atoms in total. The van der Waals surface area contributed by atoms with Crippen LogP contribution in [0.25, 0.3) is 28.0 Å². The number of alkyl halides is 3. The van der Waals surface area contributed by atoms with Gasteiger partial charge < -0.3 is 15.0 Å². The fourth-order valence-corrected chi connectivity index (χ4v) is 3.79. The fraction of sp³-hybridized carbons (Fsp3) is 0.0769. The zero-order valence-corrected chi connectivity index (χ0v) is 18.5. The van der Waals surface area contributed by atoms with Crippen molar-refractivity contribution in [3.63, 3.8) is 0 Å². The zero-order chi connectivity index (χ0) is 25.3. The van der Waals surface area contributed by atoms with Gasteiger partial charge in [0.25, 0.3) is 5.56 Å². The second-order valence-corrected chi connectivity index (χ2v) is 7.91. The van der Waals surface area contributed by atoms with Crippen molar-refractivity contribution < 1.29 is 22.3 Å². The molecule has 0 spiro atoms. The Morgan fingerprint density at radius 1 is 0.944 bits per heavy atom. The predicted octanol–water partition coefficient (Wildman–Crippen LogP) is 6.03. The van der Waals surface area contributed by atoms with E-state index < -0.39 is 6.36 Å². The SMILES string of the molecule is O=c1[nH]c2c(cc1CNc1ccc(OC(F)(F)F)cc1)c(-c1ccc(F)cc1)nn2-c1ccccc1. The molecule has 10 heteroatoms. The molecule has 0 bridgehead atoms. The molecular formula is C26H18F4N4O2. The summed E-state index contributed by atoms with van der Waals surface area (Å²) in [4.78, 5) is 15.8. The van der Waals surface area contributed by atoms with E-state index in [1.807, 2.05) is 30.3 Å². The first-order valence-corrected chi connectivity index (χ1v) is 10.8. The van der Waals surface area contributed by atoms with Gasteiger partial charge in [0.15, 0.2) is 0 Å². The molecule has 0 aliphatic carbocycles. The van der Waals surface area contributed by atoms with Crippen molar-refractivity contribution in [3.05, 3.63) is 107 Å². The molecular weight excluding hydrogens is 476 g/mol. The van der Waals surface area contributed by atoms with Gasteiger partial charge in [-0.3, -0.25) is 4.79 Å². The second-order valence-electron chi connectivity index (χ2n) is 7.91. The standard InChI is InChI=1S/C26H18F4N4O2/c27-18-8-6-16(7-9-18)23-22-14-17(15-31-19-10-12-21(13-11-19)36-26(28,29)30)25(35)32-24(22)34(33-23)20-4-2-1-3-5-20/h1-14,31H,15H2,(H,32,35). The Labute approximate surface area is 201 Å². The largest absolute Gasteiger partial charge is 0.573 e. The number of pyridine rings is 1. The number of hydrogen-bond donors (Lipinski definition) is 2. The molecule has 0 aliphatic heterocycles. The number of aromatic amines is 1. The number of nitrogens with one attached hydrogen (secondary N) is 2. The van der Waals surface area contributed by atoms with Gasteiger partial charge in [-0.25, -0.2) is 9.07 Å². The maximum atomic E-state index is 13.5. The number of fused-ring (bicyclic) bond motifs is 1. The van der Waals surface area contributed by atoms with Crippen molar-refractivity contribution in [3.8, 4) is 22.7 Å². The summed E-state index contributed by atoms with van der Waals surface area (Å²) in [5, 5.41) is 8.37. The van der Waals surface area contributed by atoms with Crippen LogP contribution < -0.4 is 15.6 Å². The van der Waals surface area contributed by atoms with Crippen LogP contribution in [0, 0.1) is 5.82 Å². The number of H-pyrrole nitrogens is 1. The topological polar surface area (TPSA) is 71.9 Å². The molecule has 0 amide bonds. The third-order valence-corrected chi connectivity index (χ3v) is 5.45. The van der Waals surface area contributed by atoms with Gasteiger partial charge in [-0.05, 0) is 66.7 Å². The number of hydrogen-bond acceptors (Lipinski definition) is 4. The Kier molecular flexibility index (Phi) is 5.93.